The van der Waals surface area contributed by atoms with Gasteiger partial charge in [-0.15, -0.1) is 0 Å². The average Bonchev–Trinajstić information content (AvgIpc) is 2.44. The average molecular weight is 312 g/mol. The summed E-state index contributed by atoms with van der Waals surface area (Å²) in [5.74, 6) is -1.89. The van der Waals surface area contributed by atoms with Gasteiger partial charge in [0.1, 0.15) is 11.6 Å². The van der Waals surface area contributed by atoms with Crippen molar-refractivity contribution in [1.29, 1.82) is 0 Å². The fourth-order valence-electron chi connectivity index (χ4n) is 1.87. The summed E-state index contributed by atoms with van der Waals surface area (Å²) in [6.07, 6.45) is 0. The van der Waals surface area contributed by atoms with Gasteiger partial charge in [0.05, 0.1) is 4.90 Å². The van der Waals surface area contributed by atoms with Gasteiger partial charge in [0.25, 0.3) is 0 Å². The highest BCUT2D eigenvalue weighted by Gasteiger charge is 2.16. The number of hydrogen-bond donors (Lipinski definition) is 2. The van der Waals surface area contributed by atoms with E-state index in [0.717, 1.165) is 17.7 Å². The monoisotopic (exact) mass is 312 g/mol. The van der Waals surface area contributed by atoms with Crippen LogP contribution in [0, 0.1) is 11.6 Å². The first kappa shape index (κ1) is 15.6. The Morgan fingerprint density at radius 2 is 1.57 bits per heavy atom. The lowest BCUT2D eigenvalue weighted by Crippen LogP contribution is -2.24. The Hall–Kier alpha value is -1.83. The molecule has 0 aliphatic heterocycles. The maximum absolute atomic E-state index is 13.1. The van der Waals surface area contributed by atoms with Crippen molar-refractivity contribution in [1.82, 2.24) is 4.72 Å². The molecule has 0 aliphatic rings. The van der Waals surface area contributed by atoms with Crippen molar-refractivity contribution in [3.8, 4) is 0 Å². The van der Waals surface area contributed by atoms with Crippen molar-refractivity contribution in [3.05, 3.63) is 65.2 Å². The Morgan fingerprint density at radius 3 is 2.14 bits per heavy atom. The van der Waals surface area contributed by atoms with Crippen LogP contribution in [0.5, 0.6) is 0 Å². The van der Waals surface area contributed by atoms with Crippen LogP contribution in [-0.4, -0.2) is 8.42 Å². The second-order valence-corrected chi connectivity index (χ2v) is 6.17. The molecule has 3 N–H and O–H groups in total. The molecule has 0 radical (unpaired) electrons. The SMILES string of the molecule is NCc1ccccc1CNS(=O)(=O)c1cc(F)cc(F)c1. The van der Waals surface area contributed by atoms with E-state index in [9.17, 15) is 17.2 Å². The summed E-state index contributed by atoms with van der Waals surface area (Å²) in [6.45, 7) is 0.264. The normalized spacial score (nSPS) is 11.6. The zero-order valence-electron chi connectivity index (χ0n) is 11.0. The summed E-state index contributed by atoms with van der Waals surface area (Å²) < 4.78 is 52.6. The van der Waals surface area contributed by atoms with Gasteiger partial charge in [-0.05, 0) is 23.3 Å². The maximum Gasteiger partial charge on any atom is 0.241 e. The first-order valence-electron chi connectivity index (χ1n) is 6.15. The molecule has 2 aromatic rings. The van der Waals surface area contributed by atoms with Crippen LogP contribution in [0.3, 0.4) is 0 Å². The lowest BCUT2D eigenvalue weighted by atomic mass is 10.1. The molecule has 0 fully saturated rings. The summed E-state index contributed by atoms with van der Waals surface area (Å²) in [5, 5.41) is 0. The molecule has 0 atom stereocenters. The molecule has 0 unspecified atom stereocenters. The fraction of sp³-hybridized carbons (Fsp3) is 0.143. The van der Waals surface area contributed by atoms with E-state index in [0.29, 0.717) is 11.6 Å². The maximum atomic E-state index is 13.1. The number of hydrogen-bond acceptors (Lipinski definition) is 3. The zero-order valence-corrected chi connectivity index (χ0v) is 11.8. The van der Waals surface area contributed by atoms with Crippen molar-refractivity contribution < 1.29 is 17.2 Å². The van der Waals surface area contributed by atoms with E-state index in [2.05, 4.69) is 4.72 Å². The van der Waals surface area contributed by atoms with Gasteiger partial charge in [0.2, 0.25) is 10.0 Å². The van der Waals surface area contributed by atoms with Crippen LogP contribution in [0.2, 0.25) is 0 Å². The van der Waals surface area contributed by atoms with E-state index in [1.54, 1.807) is 24.3 Å². The van der Waals surface area contributed by atoms with Gasteiger partial charge in [0.15, 0.2) is 0 Å². The number of rotatable bonds is 5. The van der Waals surface area contributed by atoms with Gasteiger partial charge in [0, 0.05) is 19.2 Å². The fourth-order valence-corrected chi connectivity index (χ4v) is 2.92. The van der Waals surface area contributed by atoms with Crippen LogP contribution in [0.1, 0.15) is 11.1 Å². The predicted molar refractivity (Wildman–Crippen MR) is 74.7 cm³/mol. The van der Waals surface area contributed by atoms with Gasteiger partial charge in [-0.2, -0.15) is 0 Å². The summed E-state index contributed by atoms with van der Waals surface area (Å²) in [7, 11) is -4.00. The van der Waals surface area contributed by atoms with E-state index < -0.39 is 26.6 Å². The number of sulfonamides is 1. The summed E-state index contributed by atoms with van der Waals surface area (Å²) in [6, 6.07) is 9.21. The second kappa shape index (κ2) is 6.30. The molecular weight excluding hydrogens is 298 g/mol. The van der Waals surface area contributed by atoms with Gasteiger partial charge in [-0.3, -0.25) is 0 Å². The van der Waals surface area contributed by atoms with Crippen molar-refractivity contribution in [2.24, 2.45) is 5.73 Å². The van der Waals surface area contributed by atoms with Gasteiger partial charge in [-0.1, -0.05) is 24.3 Å². The molecule has 0 saturated carbocycles. The number of halogens is 2. The van der Waals surface area contributed by atoms with Crippen molar-refractivity contribution in [2.45, 2.75) is 18.0 Å². The molecule has 0 amide bonds. The highest BCUT2D eigenvalue weighted by molar-refractivity contribution is 7.89. The van der Waals surface area contributed by atoms with Gasteiger partial charge < -0.3 is 5.73 Å². The molecule has 2 rings (SSSR count). The molecule has 0 aromatic heterocycles. The Kier molecular flexibility index (Phi) is 4.66. The Labute approximate surface area is 121 Å². The van der Waals surface area contributed by atoms with E-state index in [1.165, 1.54) is 0 Å². The van der Waals surface area contributed by atoms with E-state index >= 15 is 0 Å². The minimum Gasteiger partial charge on any atom is -0.326 e. The van der Waals surface area contributed by atoms with Crippen molar-refractivity contribution >= 4 is 10.0 Å². The zero-order chi connectivity index (χ0) is 15.5. The molecular formula is C14H14F2N2O2S. The molecule has 21 heavy (non-hydrogen) atoms. The largest absolute Gasteiger partial charge is 0.326 e. The number of nitrogens with two attached hydrogens (primary N) is 1. The van der Waals surface area contributed by atoms with Crippen LogP contribution >= 0.6 is 0 Å². The van der Waals surface area contributed by atoms with Gasteiger partial charge >= 0.3 is 0 Å². The quantitative estimate of drug-likeness (QED) is 0.886. The van der Waals surface area contributed by atoms with E-state index in [1.807, 2.05) is 0 Å². The van der Waals surface area contributed by atoms with Gasteiger partial charge in [-0.25, -0.2) is 21.9 Å². The second-order valence-electron chi connectivity index (χ2n) is 4.40. The summed E-state index contributed by atoms with van der Waals surface area (Å²) in [5.41, 5.74) is 7.07. The third-order valence-electron chi connectivity index (χ3n) is 2.94. The number of nitrogens with one attached hydrogen (secondary N) is 1. The van der Waals surface area contributed by atoms with Crippen LogP contribution in [0.25, 0.3) is 0 Å². The highest BCUT2D eigenvalue weighted by atomic mass is 32.2. The van der Waals surface area contributed by atoms with Crippen molar-refractivity contribution in [3.63, 3.8) is 0 Å². The summed E-state index contributed by atoms with van der Waals surface area (Å²) >= 11 is 0. The third kappa shape index (κ3) is 3.84. The first-order chi connectivity index (χ1) is 9.92. The van der Waals surface area contributed by atoms with Crippen LogP contribution in [-0.2, 0) is 23.1 Å². The van der Waals surface area contributed by atoms with E-state index in [-0.39, 0.29) is 13.1 Å². The smallest absolute Gasteiger partial charge is 0.241 e. The molecule has 4 nitrogen and oxygen atoms in total. The molecule has 7 heteroatoms. The molecule has 112 valence electrons. The molecule has 0 spiro atoms. The molecule has 0 heterocycles. The Morgan fingerprint density at radius 1 is 1.00 bits per heavy atom. The minimum absolute atomic E-state index is 0.00611. The van der Waals surface area contributed by atoms with E-state index in [4.69, 9.17) is 5.73 Å². The first-order valence-corrected chi connectivity index (χ1v) is 7.63. The summed E-state index contributed by atoms with van der Waals surface area (Å²) in [4.78, 5) is -0.453. The molecule has 0 aliphatic carbocycles. The topological polar surface area (TPSA) is 72.2 Å². The highest BCUT2D eigenvalue weighted by Crippen LogP contribution is 2.15. The number of benzene rings is 2. The molecule has 2 aromatic carbocycles. The Balaban J connectivity index is 2.22. The minimum atomic E-state index is -4.00. The molecule has 0 saturated heterocycles. The standard InChI is InChI=1S/C14H14F2N2O2S/c15-12-5-13(16)7-14(6-12)21(19,20)18-9-11-4-2-1-3-10(11)8-17/h1-7,18H,8-9,17H2. The Bertz CT molecular complexity index is 728. The third-order valence-corrected chi connectivity index (χ3v) is 4.32. The predicted octanol–water partition coefficient (Wildman–Crippen LogP) is 1.90. The molecule has 0 bridgehead atoms. The lowest BCUT2D eigenvalue weighted by molar-refractivity contribution is 0.561. The van der Waals surface area contributed by atoms with Crippen LogP contribution < -0.4 is 10.5 Å². The van der Waals surface area contributed by atoms with Crippen LogP contribution in [0.4, 0.5) is 8.78 Å². The van der Waals surface area contributed by atoms with Crippen LogP contribution in [0.15, 0.2) is 47.4 Å². The lowest BCUT2D eigenvalue weighted by Gasteiger charge is -2.10. The van der Waals surface area contributed by atoms with Crippen molar-refractivity contribution in [2.75, 3.05) is 0 Å².